The number of hydrogen-bond donors (Lipinski definition) is 2. The normalized spacial score (nSPS) is 9.87. The largest absolute Gasteiger partial charge is 0.331 e. The van der Waals surface area contributed by atoms with Crippen LogP contribution in [0.25, 0.3) is 0 Å². The Morgan fingerprint density at radius 1 is 1.47 bits per heavy atom. The topological polar surface area (TPSA) is 27.3 Å². The van der Waals surface area contributed by atoms with Gasteiger partial charge in [0.25, 0.3) is 0 Å². The zero-order valence-electron chi connectivity index (χ0n) is 8.97. The first-order chi connectivity index (χ1) is 7.06. The third-order valence-electron chi connectivity index (χ3n) is 2.15. The van der Waals surface area contributed by atoms with E-state index in [1.54, 1.807) is 12.1 Å². The van der Waals surface area contributed by atoms with Crippen LogP contribution in [0.3, 0.4) is 0 Å². The van der Waals surface area contributed by atoms with E-state index >= 15 is 0 Å². The summed E-state index contributed by atoms with van der Waals surface area (Å²) in [7, 11) is 3.65. The molecule has 0 aliphatic heterocycles. The summed E-state index contributed by atoms with van der Waals surface area (Å²) >= 11 is 11.2. The predicted molar refractivity (Wildman–Crippen MR) is 69.2 cm³/mol. The van der Waals surface area contributed by atoms with Crippen molar-refractivity contribution in [2.75, 3.05) is 19.4 Å². The van der Waals surface area contributed by atoms with Gasteiger partial charge < -0.3 is 5.32 Å². The van der Waals surface area contributed by atoms with Gasteiger partial charge in [-0.15, -0.1) is 0 Å². The van der Waals surface area contributed by atoms with Crippen molar-refractivity contribution >= 4 is 34.6 Å². The van der Waals surface area contributed by atoms with Crippen molar-refractivity contribution in [3.63, 3.8) is 0 Å². The Kier molecular flexibility index (Phi) is 4.32. The average Bonchev–Trinajstić information content (AvgIpc) is 2.23. The van der Waals surface area contributed by atoms with E-state index in [1.165, 1.54) is 0 Å². The molecule has 82 valence electrons. The number of halogens is 1. The zero-order chi connectivity index (χ0) is 11.4. The highest BCUT2D eigenvalue weighted by atomic mass is 35.5. The maximum atomic E-state index is 6.00. The van der Waals surface area contributed by atoms with E-state index in [2.05, 4.69) is 10.7 Å². The lowest BCUT2D eigenvalue weighted by atomic mass is 10.2. The van der Waals surface area contributed by atoms with E-state index in [4.69, 9.17) is 23.8 Å². The van der Waals surface area contributed by atoms with Crippen LogP contribution in [0, 0.1) is 6.92 Å². The highest BCUT2D eigenvalue weighted by Crippen LogP contribution is 2.22. The van der Waals surface area contributed by atoms with Gasteiger partial charge in [0.15, 0.2) is 5.11 Å². The van der Waals surface area contributed by atoms with Crippen LogP contribution in [0.4, 0.5) is 5.69 Å². The summed E-state index contributed by atoms with van der Waals surface area (Å²) in [5, 5.41) is 6.16. The molecular weight excluding hydrogens is 230 g/mol. The summed E-state index contributed by atoms with van der Waals surface area (Å²) in [4.78, 5) is 0. The molecule has 0 unspecified atom stereocenters. The lowest BCUT2D eigenvalue weighted by molar-refractivity contribution is 0.416. The standard InChI is InChI=1S/C10H14ClN3S/c1-7-8(11)5-4-6-9(7)13-10(15)14(3)12-2/h4-6,12H,1-3H3,(H,13,15). The maximum absolute atomic E-state index is 6.00. The second-order valence-electron chi connectivity index (χ2n) is 3.13. The van der Waals surface area contributed by atoms with Crippen LogP contribution >= 0.6 is 23.8 Å². The van der Waals surface area contributed by atoms with E-state index in [1.807, 2.05) is 32.2 Å². The van der Waals surface area contributed by atoms with Gasteiger partial charge in [0, 0.05) is 24.8 Å². The minimum absolute atomic E-state index is 0.600. The molecule has 0 spiro atoms. The van der Waals surface area contributed by atoms with Crippen molar-refractivity contribution in [2.45, 2.75) is 6.92 Å². The molecule has 15 heavy (non-hydrogen) atoms. The molecule has 1 aromatic rings. The van der Waals surface area contributed by atoms with Gasteiger partial charge in [-0.3, -0.25) is 5.01 Å². The Bertz CT molecular complexity index is 368. The van der Waals surface area contributed by atoms with E-state index < -0.39 is 0 Å². The first-order valence-corrected chi connectivity index (χ1v) is 5.32. The fraction of sp³-hybridized carbons (Fsp3) is 0.300. The van der Waals surface area contributed by atoms with Crippen LogP contribution in [0.15, 0.2) is 18.2 Å². The van der Waals surface area contributed by atoms with Crippen LogP contribution in [0.1, 0.15) is 5.56 Å². The molecule has 1 rings (SSSR count). The molecular formula is C10H14ClN3S. The van der Waals surface area contributed by atoms with Gasteiger partial charge in [-0.2, -0.15) is 0 Å². The van der Waals surface area contributed by atoms with Crippen LogP contribution in [0.2, 0.25) is 5.02 Å². The van der Waals surface area contributed by atoms with Gasteiger partial charge in [0.05, 0.1) is 0 Å². The van der Waals surface area contributed by atoms with Crippen molar-refractivity contribution in [2.24, 2.45) is 0 Å². The number of anilines is 1. The van der Waals surface area contributed by atoms with Gasteiger partial charge in [-0.05, 0) is 36.8 Å². The summed E-state index contributed by atoms with van der Waals surface area (Å²) < 4.78 is 0. The molecule has 0 aromatic heterocycles. The zero-order valence-corrected chi connectivity index (χ0v) is 10.5. The molecule has 3 nitrogen and oxygen atoms in total. The van der Waals surface area contributed by atoms with Crippen molar-refractivity contribution in [1.29, 1.82) is 0 Å². The lowest BCUT2D eigenvalue weighted by Crippen LogP contribution is -2.39. The first kappa shape index (κ1) is 12.2. The van der Waals surface area contributed by atoms with Crippen molar-refractivity contribution in [3.05, 3.63) is 28.8 Å². The SMILES string of the molecule is CNN(C)C(=S)Nc1cccc(Cl)c1C. The molecule has 1 aromatic carbocycles. The summed E-state index contributed by atoms with van der Waals surface area (Å²) in [6, 6.07) is 5.68. The van der Waals surface area contributed by atoms with Gasteiger partial charge in [-0.25, -0.2) is 5.43 Å². The fourth-order valence-corrected chi connectivity index (χ4v) is 1.42. The first-order valence-electron chi connectivity index (χ1n) is 4.53. The molecule has 0 saturated heterocycles. The highest BCUT2D eigenvalue weighted by molar-refractivity contribution is 7.80. The van der Waals surface area contributed by atoms with Crippen LogP contribution in [0.5, 0.6) is 0 Å². The highest BCUT2D eigenvalue weighted by Gasteiger charge is 2.05. The van der Waals surface area contributed by atoms with Gasteiger partial charge in [0.2, 0.25) is 0 Å². The molecule has 0 aliphatic carbocycles. The smallest absolute Gasteiger partial charge is 0.187 e. The third kappa shape index (κ3) is 3.06. The molecule has 0 fully saturated rings. The van der Waals surface area contributed by atoms with E-state index in [9.17, 15) is 0 Å². The van der Waals surface area contributed by atoms with E-state index in [0.29, 0.717) is 5.11 Å². The van der Waals surface area contributed by atoms with Crippen molar-refractivity contribution in [3.8, 4) is 0 Å². The summed E-state index contributed by atoms with van der Waals surface area (Å²) in [6.07, 6.45) is 0. The molecule has 0 atom stereocenters. The molecule has 0 radical (unpaired) electrons. The summed E-state index contributed by atoms with van der Waals surface area (Å²) in [5.41, 5.74) is 4.83. The number of nitrogens with one attached hydrogen (secondary N) is 2. The summed E-state index contributed by atoms with van der Waals surface area (Å²) in [6.45, 7) is 1.95. The second-order valence-corrected chi connectivity index (χ2v) is 3.92. The van der Waals surface area contributed by atoms with Crippen molar-refractivity contribution in [1.82, 2.24) is 10.4 Å². The number of hydrogen-bond acceptors (Lipinski definition) is 2. The predicted octanol–water partition coefficient (Wildman–Crippen LogP) is 2.41. The lowest BCUT2D eigenvalue weighted by Gasteiger charge is -2.20. The molecule has 0 amide bonds. The van der Waals surface area contributed by atoms with Gasteiger partial charge in [0.1, 0.15) is 0 Å². The number of thiocarbonyl (C=S) groups is 1. The molecule has 0 heterocycles. The van der Waals surface area contributed by atoms with E-state index in [0.717, 1.165) is 16.3 Å². The summed E-state index contributed by atoms with van der Waals surface area (Å²) in [5.74, 6) is 0. The van der Waals surface area contributed by atoms with Gasteiger partial charge in [-0.1, -0.05) is 17.7 Å². The number of nitrogens with zero attached hydrogens (tertiary/aromatic N) is 1. The van der Waals surface area contributed by atoms with Crippen LogP contribution in [-0.4, -0.2) is 24.2 Å². The Hall–Kier alpha value is -0.840. The molecule has 2 N–H and O–H groups in total. The Labute approximate surface area is 100 Å². The number of benzene rings is 1. The third-order valence-corrected chi connectivity index (χ3v) is 2.93. The quantitative estimate of drug-likeness (QED) is 0.616. The van der Waals surface area contributed by atoms with Crippen molar-refractivity contribution < 1.29 is 0 Å². The molecule has 0 bridgehead atoms. The molecule has 0 saturated carbocycles. The maximum Gasteiger partial charge on any atom is 0.187 e. The minimum Gasteiger partial charge on any atom is -0.331 e. The van der Waals surface area contributed by atoms with E-state index in [-0.39, 0.29) is 0 Å². The fourth-order valence-electron chi connectivity index (χ4n) is 1.04. The average molecular weight is 244 g/mol. The van der Waals surface area contributed by atoms with Crippen LogP contribution in [-0.2, 0) is 0 Å². The Morgan fingerprint density at radius 2 is 2.13 bits per heavy atom. The van der Waals surface area contributed by atoms with Crippen LogP contribution < -0.4 is 10.7 Å². The molecule has 0 aliphatic rings. The number of hydrazine groups is 1. The second kappa shape index (κ2) is 5.30. The molecule has 5 heteroatoms. The Balaban J connectivity index is 2.81. The van der Waals surface area contributed by atoms with Gasteiger partial charge >= 0.3 is 0 Å². The Morgan fingerprint density at radius 3 is 2.73 bits per heavy atom. The monoisotopic (exact) mass is 243 g/mol. The minimum atomic E-state index is 0.600. The number of rotatable bonds is 2.